The Morgan fingerprint density at radius 2 is 2.21 bits per heavy atom. The first-order valence-electron chi connectivity index (χ1n) is 4.82. The molecule has 1 heterocycles. The first-order valence-corrected chi connectivity index (χ1v) is 4.82. The second-order valence-corrected chi connectivity index (χ2v) is 3.78. The molecule has 1 atom stereocenters. The molecule has 1 unspecified atom stereocenters. The average molecular weight is 193 g/mol. The quantitative estimate of drug-likeness (QED) is 0.728. The molecule has 0 bridgehead atoms. The number of fused-ring (bicyclic) bond motifs is 1. The molecule has 14 heavy (non-hydrogen) atoms. The zero-order chi connectivity index (χ0) is 10.0. The standard InChI is InChI=1S/C11H15NO2/c12-11(5-6-13)8-14-7-9-3-1-2-4-10(9)11/h1-4,13H,5-8,12H2. The van der Waals surface area contributed by atoms with E-state index in [0.29, 0.717) is 19.6 Å². The Morgan fingerprint density at radius 1 is 1.43 bits per heavy atom. The highest BCUT2D eigenvalue weighted by Crippen LogP contribution is 2.30. The molecule has 0 amide bonds. The van der Waals surface area contributed by atoms with E-state index in [-0.39, 0.29) is 6.61 Å². The second-order valence-electron chi connectivity index (χ2n) is 3.78. The van der Waals surface area contributed by atoms with Crippen LogP contribution >= 0.6 is 0 Å². The van der Waals surface area contributed by atoms with E-state index < -0.39 is 5.54 Å². The van der Waals surface area contributed by atoms with Gasteiger partial charge in [0.15, 0.2) is 0 Å². The van der Waals surface area contributed by atoms with Crippen molar-refractivity contribution in [2.45, 2.75) is 18.6 Å². The van der Waals surface area contributed by atoms with E-state index in [1.807, 2.05) is 24.3 Å². The van der Waals surface area contributed by atoms with Crippen LogP contribution in [-0.2, 0) is 16.9 Å². The fraction of sp³-hybridized carbons (Fsp3) is 0.455. The van der Waals surface area contributed by atoms with Crippen molar-refractivity contribution in [3.8, 4) is 0 Å². The first kappa shape index (κ1) is 9.65. The second kappa shape index (κ2) is 3.69. The number of rotatable bonds is 2. The number of aliphatic hydroxyl groups excluding tert-OH is 1. The lowest BCUT2D eigenvalue weighted by Gasteiger charge is -2.35. The van der Waals surface area contributed by atoms with Crippen molar-refractivity contribution in [3.63, 3.8) is 0 Å². The third-order valence-corrected chi connectivity index (χ3v) is 2.73. The van der Waals surface area contributed by atoms with Gasteiger partial charge in [0, 0.05) is 6.61 Å². The van der Waals surface area contributed by atoms with Crippen molar-refractivity contribution in [2.24, 2.45) is 5.73 Å². The van der Waals surface area contributed by atoms with E-state index in [2.05, 4.69) is 0 Å². The summed E-state index contributed by atoms with van der Waals surface area (Å²) in [4.78, 5) is 0. The Kier molecular flexibility index (Phi) is 2.54. The van der Waals surface area contributed by atoms with Gasteiger partial charge in [0.2, 0.25) is 0 Å². The molecule has 3 nitrogen and oxygen atoms in total. The van der Waals surface area contributed by atoms with Gasteiger partial charge >= 0.3 is 0 Å². The molecular formula is C11H15NO2. The Hall–Kier alpha value is -0.900. The van der Waals surface area contributed by atoms with Crippen LogP contribution in [0.25, 0.3) is 0 Å². The maximum absolute atomic E-state index is 8.97. The molecule has 0 fully saturated rings. The first-order chi connectivity index (χ1) is 6.76. The fourth-order valence-corrected chi connectivity index (χ4v) is 1.96. The molecule has 0 saturated heterocycles. The molecule has 0 radical (unpaired) electrons. The van der Waals surface area contributed by atoms with Crippen molar-refractivity contribution in [1.29, 1.82) is 0 Å². The van der Waals surface area contributed by atoms with Crippen molar-refractivity contribution < 1.29 is 9.84 Å². The summed E-state index contributed by atoms with van der Waals surface area (Å²) in [6.45, 7) is 1.21. The minimum Gasteiger partial charge on any atom is -0.396 e. The van der Waals surface area contributed by atoms with Gasteiger partial charge in [0.1, 0.15) is 0 Å². The lowest BCUT2D eigenvalue weighted by atomic mass is 9.84. The average Bonchev–Trinajstić information content (AvgIpc) is 2.19. The molecule has 1 aromatic rings. The van der Waals surface area contributed by atoms with Crippen molar-refractivity contribution in [1.82, 2.24) is 0 Å². The summed E-state index contributed by atoms with van der Waals surface area (Å²) in [5.41, 5.74) is 7.93. The van der Waals surface area contributed by atoms with Crippen LogP contribution in [0.4, 0.5) is 0 Å². The lowest BCUT2D eigenvalue weighted by molar-refractivity contribution is 0.0418. The summed E-state index contributed by atoms with van der Waals surface area (Å²) in [5.74, 6) is 0. The van der Waals surface area contributed by atoms with Crippen molar-refractivity contribution in [3.05, 3.63) is 35.4 Å². The minimum absolute atomic E-state index is 0.0915. The lowest BCUT2D eigenvalue weighted by Crippen LogP contribution is -2.45. The van der Waals surface area contributed by atoms with E-state index in [9.17, 15) is 0 Å². The molecule has 1 aliphatic rings. The highest BCUT2D eigenvalue weighted by atomic mass is 16.5. The molecule has 0 aliphatic carbocycles. The monoisotopic (exact) mass is 193 g/mol. The summed E-state index contributed by atoms with van der Waals surface area (Å²) in [7, 11) is 0. The van der Waals surface area contributed by atoms with Gasteiger partial charge in [-0.1, -0.05) is 24.3 Å². The van der Waals surface area contributed by atoms with Gasteiger partial charge in [-0.3, -0.25) is 0 Å². The Morgan fingerprint density at radius 3 is 3.00 bits per heavy atom. The number of ether oxygens (including phenoxy) is 1. The van der Waals surface area contributed by atoms with Crippen molar-refractivity contribution in [2.75, 3.05) is 13.2 Å². The van der Waals surface area contributed by atoms with E-state index in [1.54, 1.807) is 0 Å². The summed E-state index contributed by atoms with van der Waals surface area (Å²) in [6, 6.07) is 8.00. The third kappa shape index (κ3) is 1.54. The minimum atomic E-state index is -0.510. The summed E-state index contributed by atoms with van der Waals surface area (Å²) >= 11 is 0. The molecule has 0 saturated carbocycles. The van der Waals surface area contributed by atoms with Crippen LogP contribution in [0.1, 0.15) is 17.5 Å². The molecule has 3 heteroatoms. The van der Waals surface area contributed by atoms with E-state index >= 15 is 0 Å². The zero-order valence-corrected chi connectivity index (χ0v) is 8.07. The van der Waals surface area contributed by atoms with Gasteiger partial charge in [-0.15, -0.1) is 0 Å². The topological polar surface area (TPSA) is 55.5 Å². The predicted molar refractivity (Wildman–Crippen MR) is 53.7 cm³/mol. The van der Waals surface area contributed by atoms with Crippen LogP contribution in [0.5, 0.6) is 0 Å². The summed E-state index contributed by atoms with van der Waals surface area (Å²) in [5, 5.41) is 8.97. The fourth-order valence-electron chi connectivity index (χ4n) is 1.96. The van der Waals surface area contributed by atoms with Crippen molar-refractivity contribution >= 4 is 0 Å². The largest absolute Gasteiger partial charge is 0.396 e. The molecule has 2 rings (SSSR count). The van der Waals surface area contributed by atoms with Gasteiger partial charge in [0.25, 0.3) is 0 Å². The molecule has 1 aliphatic heterocycles. The molecule has 76 valence electrons. The summed E-state index contributed by atoms with van der Waals surface area (Å²) < 4.78 is 5.43. The van der Waals surface area contributed by atoms with Crippen LogP contribution in [-0.4, -0.2) is 18.3 Å². The van der Waals surface area contributed by atoms with Gasteiger partial charge in [-0.05, 0) is 17.5 Å². The number of benzene rings is 1. The number of nitrogens with two attached hydrogens (primary N) is 1. The Labute approximate surface area is 83.5 Å². The van der Waals surface area contributed by atoms with Crippen LogP contribution in [0.15, 0.2) is 24.3 Å². The normalized spacial score (nSPS) is 25.9. The van der Waals surface area contributed by atoms with Gasteiger partial charge < -0.3 is 15.6 Å². The SMILES string of the molecule is NC1(CCO)COCc2ccccc21. The van der Waals surface area contributed by atoms with Gasteiger partial charge in [-0.25, -0.2) is 0 Å². The van der Waals surface area contributed by atoms with Crippen LogP contribution < -0.4 is 5.73 Å². The van der Waals surface area contributed by atoms with Gasteiger partial charge in [0.05, 0.1) is 18.8 Å². The molecule has 1 aromatic carbocycles. The highest BCUT2D eigenvalue weighted by molar-refractivity contribution is 5.34. The zero-order valence-electron chi connectivity index (χ0n) is 8.07. The smallest absolute Gasteiger partial charge is 0.0721 e. The third-order valence-electron chi connectivity index (χ3n) is 2.73. The highest BCUT2D eigenvalue weighted by Gasteiger charge is 2.32. The maximum atomic E-state index is 8.97. The van der Waals surface area contributed by atoms with E-state index in [0.717, 1.165) is 11.1 Å². The van der Waals surface area contributed by atoms with Crippen LogP contribution in [0.3, 0.4) is 0 Å². The van der Waals surface area contributed by atoms with E-state index in [4.69, 9.17) is 15.6 Å². The summed E-state index contributed by atoms with van der Waals surface area (Å²) in [6.07, 6.45) is 0.546. The van der Waals surface area contributed by atoms with Crippen LogP contribution in [0, 0.1) is 0 Å². The Balaban J connectivity index is 2.39. The van der Waals surface area contributed by atoms with E-state index in [1.165, 1.54) is 0 Å². The molecule has 3 N–H and O–H groups in total. The molecular weight excluding hydrogens is 178 g/mol. The Bertz CT molecular complexity index is 327. The molecule has 0 aromatic heterocycles. The van der Waals surface area contributed by atoms with Gasteiger partial charge in [-0.2, -0.15) is 0 Å². The van der Waals surface area contributed by atoms with Crippen LogP contribution in [0.2, 0.25) is 0 Å². The molecule has 0 spiro atoms. The maximum Gasteiger partial charge on any atom is 0.0721 e. The number of aliphatic hydroxyl groups is 1. The predicted octanol–water partition coefficient (Wildman–Crippen LogP) is 0.753. The number of hydrogen-bond acceptors (Lipinski definition) is 3. The number of hydrogen-bond donors (Lipinski definition) is 2.